The molecule has 4 nitrogen and oxygen atoms in total. The highest BCUT2D eigenvalue weighted by Crippen LogP contribution is 2.24. The molecule has 0 bridgehead atoms. The van der Waals surface area contributed by atoms with Crippen molar-refractivity contribution >= 4 is 29.0 Å². The van der Waals surface area contributed by atoms with Crippen LogP contribution in [0.25, 0.3) is 0 Å². The predicted octanol–water partition coefficient (Wildman–Crippen LogP) is 2.59. The van der Waals surface area contributed by atoms with Crippen molar-refractivity contribution in [2.75, 3.05) is 31.0 Å². The van der Waals surface area contributed by atoms with Crippen LogP contribution in [-0.2, 0) is 0 Å². The third-order valence-electron chi connectivity index (χ3n) is 2.13. The van der Waals surface area contributed by atoms with E-state index in [0.29, 0.717) is 22.7 Å². The number of anilines is 1. The summed E-state index contributed by atoms with van der Waals surface area (Å²) >= 11 is 11.7. The Morgan fingerprint density at radius 2 is 2.25 bits per heavy atom. The summed E-state index contributed by atoms with van der Waals surface area (Å²) < 4.78 is 4.98. The quantitative estimate of drug-likeness (QED) is 0.740. The van der Waals surface area contributed by atoms with Gasteiger partial charge in [0.1, 0.15) is 5.02 Å². The molecule has 0 unspecified atom stereocenters. The van der Waals surface area contributed by atoms with Crippen molar-refractivity contribution in [3.63, 3.8) is 0 Å². The normalized spacial score (nSPS) is 10.2. The highest BCUT2D eigenvalue weighted by atomic mass is 35.5. The first kappa shape index (κ1) is 13.3. The van der Waals surface area contributed by atoms with Crippen LogP contribution in [0.5, 0.6) is 6.01 Å². The van der Waals surface area contributed by atoms with E-state index >= 15 is 0 Å². The summed E-state index contributed by atoms with van der Waals surface area (Å²) in [5, 5.41) is 0.525. The number of alkyl halides is 1. The molecule has 1 rings (SSSR count). The van der Waals surface area contributed by atoms with Crippen LogP contribution in [0.4, 0.5) is 5.82 Å². The van der Waals surface area contributed by atoms with Gasteiger partial charge in [0.2, 0.25) is 0 Å². The van der Waals surface area contributed by atoms with Crippen molar-refractivity contribution in [3.05, 3.63) is 11.2 Å². The molecular weight excluding hydrogens is 249 g/mol. The lowest BCUT2D eigenvalue weighted by molar-refractivity contribution is 0.379. The Balaban J connectivity index is 2.89. The van der Waals surface area contributed by atoms with Crippen LogP contribution in [0.15, 0.2) is 6.20 Å². The van der Waals surface area contributed by atoms with Gasteiger partial charge < -0.3 is 9.64 Å². The molecule has 90 valence electrons. The Bertz CT molecular complexity index is 336. The molecule has 0 aromatic carbocycles. The van der Waals surface area contributed by atoms with Gasteiger partial charge in [-0.25, -0.2) is 4.98 Å². The molecule has 6 heteroatoms. The number of hydrogen-bond acceptors (Lipinski definition) is 4. The molecule has 0 aliphatic rings. The van der Waals surface area contributed by atoms with Crippen LogP contribution in [0.3, 0.4) is 0 Å². The summed E-state index contributed by atoms with van der Waals surface area (Å²) in [6, 6.07) is 0.323. The van der Waals surface area contributed by atoms with Gasteiger partial charge >= 0.3 is 6.01 Å². The standard InChI is InChI=1S/C10H15Cl2N3O/c1-3-15(6-4-5-11)9-8(12)7-13-10(14-9)16-2/h7H,3-6H2,1-2H3. The topological polar surface area (TPSA) is 38.2 Å². The Morgan fingerprint density at radius 3 is 2.81 bits per heavy atom. The monoisotopic (exact) mass is 263 g/mol. The number of halogens is 2. The van der Waals surface area contributed by atoms with E-state index < -0.39 is 0 Å². The summed E-state index contributed by atoms with van der Waals surface area (Å²) in [5.41, 5.74) is 0. The van der Waals surface area contributed by atoms with Gasteiger partial charge in [-0.1, -0.05) is 11.6 Å². The number of ether oxygens (including phenoxy) is 1. The van der Waals surface area contributed by atoms with Gasteiger partial charge in [-0.2, -0.15) is 4.98 Å². The average Bonchev–Trinajstić information content (AvgIpc) is 2.32. The summed E-state index contributed by atoms with van der Waals surface area (Å²) in [6.07, 6.45) is 2.43. The highest BCUT2D eigenvalue weighted by Gasteiger charge is 2.12. The summed E-state index contributed by atoms with van der Waals surface area (Å²) in [5.74, 6) is 1.32. The minimum absolute atomic E-state index is 0.323. The van der Waals surface area contributed by atoms with Crippen molar-refractivity contribution in [1.82, 2.24) is 9.97 Å². The molecular formula is C10H15Cl2N3O. The van der Waals surface area contributed by atoms with Gasteiger partial charge in [0, 0.05) is 19.0 Å². The van der Waals surface area contributed by atoms with E-state index in [4.69, 9.17) is 27.9 Å². The zero-order chi connectivity index (χ0) is 12.0. The fourth-order valence-electron chi connectivity index (χ4n) is 1.33. The first-order valence-electron chi connectivity index (χ1n) is 5.10. The molecule has 1 heterocycles. The minimum atomic E-state index is 0.323. The van der Waals surface area contributed by atoms with Crippen LogP contribution in [0.2, 0.25) is 5.02 Å². The maximum Gasteiger partial charge on any atom is 0.318 e. The number of nitrogens with zero attached hydrogens (tertiary/aromatic N) is 3. The SMILES string of the molecule is CCN(CCCCl)c1nc(OC)ncc1Cl. The van der Waals surface area contributed by atoms with Gasteiger partial charge in [0.25, 0.3) is 0 Å². The Labute approximate surface area is 106 Å². The number of methoxy groups -OCH3 is 1. The fourth-order valence-corrected chi connectivity index (χ4v) is 1.66. The second-order valence-electron chi connectivity index (χ2n) is 3.15. The Morgan fingerprint density at radius 1 is 1.50 bits per heavy atom. The van der Waals surface area contributed by atoms with Gasteiger partial charge in [-0.05, 0) is 13.3 Å². The highest BCUT2D eigenvalue weighted by molar-refractivity contribution is 6.32. The lowest BCUT2D eigenvalue weighted by Crippen LogP contribution is -2.25. The molecule has 0 saturated heterocycles. The van der Waals surface area contributed by atoms with Gasteiger partial charge in [-0.3, -0.25) is 0 Å². The molecule has 0 saturated carbocycles. The van der Waals surface area contributed by atoms with E-state index in [1.165, 1.54) is 7.11 Å². The van der Waals surface area contributed by atoms with E-state index in [9.17, 15) is 0 Å². The average molecular weight is 264 g/mol. The van der Waals surface area contributed by atoms with Crippen molar-refractivity contribution in [2.24, 2.45) is 0 Å². The molecule has 0 spiro atoms. The number of aromatic nitrogens is 2. The molecule has 0 aliphatic heterocycles. The van der Waals surface area contributed by atoms with Crippen molar-refractivity contribution in [2.45, 2.75) is 13.3 Å². The van der Waals surface area contributed by atoms with Crippen LogP contribution >= 0.6 is 23.2 Å². The molecule has 0 aliphatic carbocycles. The van der Waals surface area contributed by atoms with E-state index in [1.54, 1.807) is 6.20 Å². The summed E-state index contributed by atoms with van der Waals surface area (Å²) in [6.45, 7) is 3.68. The maximum atomic E-state index is 6.05. The van der Waals surface area contributed by atoms with Crippen molar-refractivity contribution in [1.29, 1.82) is 0 Å². The Hall–Kier alpha value is -0.740. The third-order valence-corrected chi connectivity index (χ3v) is 2.66. The summed E-state index contributed by atoms with van der Waals surface area (Å²) in [7, 11) is 1.53. The zero-order valence-electron chi connectivity index (χ0n) is 9.41. The molecule has 0 N–H and O–H groups in total. The van der Waals surface area contributed by atoms with E-state index in [2.05, 4.69) is 14.9 Å². The van der Waals surface area contributed by atoms with Crippen LogP contribution in [0.1, 0.15) is 13.3 Å². The second kappa shape index (κ2) is 6.76. The largest absolute Gasteiger partial charge is 0.467 e. The molecule has 0 fully saturated rings. The van der Waals surface area contributed by atoms with Gasteiger partial charge in [0.05, 0.1) is 13.3 Å². The number of hydrogen-bond donors (Lipinski definition) is 0. The van der Waals surface area contributed by atoms with Gasteiger partial charge in [-0.15, -0.1) is 11.6 Å². The van der Waals surface area contributed by atoms with Crippen LogP contribution in [0, 0.1) is 0 Å². The fraction of sp³-hybridized carbons (Fsp3) is 0.600. The Kier molecular flexibility index (Phi) is 5.63. The maximum absolute atomic E-state index is 6.05. The lowest BCUT2D eigenvalue weighted by atomic mass is 10.4. The predicted molar refractivity (Wildman–Crippen MR) is 66.8 cm³/mol. The molecule has 16 heavy (non-hydrogen) atoms. The molecule has 0 atom stereocenters. The smallest absolute Gasteiger partial charge is 0.318 e. The van der Waals surface area contributed by atoms with Crippen molar-refractivity contribution < 1.29 is 4.74 Å². The van der Waals surface area contributed by atoms with Crippen LogP contribution < -0.4 is 9.64 Å². The van der Waals surface area contributed by atoms with Crippen LogP contribution in [-0.4, -0.2) is 36.0 Å². The number of rotatable bonds is 6. The molecule has 0 amide bonds. The molecule has 0 radical (unpaired) electrons. The lowest BCUT2D eigenvalue weighted by Gasteiger charge is -2.22. The first-order chi connectivity index (χ1) is 7.72. The zero-order valence-corrected chi connectivity index (χ0v) is 10.9. The molecule has 1 aromatic heterocycles. The van der Waals surface area contributed by atoms with Gasteiger partial charge in [0.15, 0.2) is 5.82 Å². The molecule has 1 aromatic rings. The first-order valence-corrected chi connectivity index (χ1v) is 6.01. The summed E-state index contributed by atoms with van der Waals surface area (Å²) in [4.78, 5) is 10.2. The third kappa shape index (κ3) is 3.39. The van der Waals surface area contributed by atoms with E-state index in [0.717, 1.165) is 19.5 Å². The minimum Gasteiger partial charge on any atom is -0.467 e. The van der Waals surface area contributed by atoms with Crippen molar-refractivity contribution in [3.8, 4) is 6.01 Å². The van der Waals surface area contributed by atoms with E-state index in [1.807, 2.05) is 6.92 Å². The second-order valence-corrected chi connectivity index (χ2v) is 3.94. The van der Waals surface area contributed by atoms with E-state index in [-0.39, 0.29) is 0 Å².